The Labute approximate surface area is 229 Å². The SMILES string of the molecule is CCOC(=O)C1=C(CN2CCN(C(=O)c3ccccc3F)[C@@H](C)C2)N(C)C(=O)N[C@H]1c1ccc(C(F)(F)F)cc1. The predicted molar refractivity (Wildman–Crippen MR) is 137 cm³/mol. The van der Waals surface area contributed by atoms with Crippen molar-refractivity contribution in [2.75, 3.05) is 39.8 Å². The zero-order chi connectivity index (χ0) is 29.2. The van der Waals surface area contributed by atoms with E-state index in [1.165, 1.54) is 42.3 Å². The summed E-state index contributed by atoms with van der Waals surface area (Å²) in [5.74, 6) is -1.72. The topological polar surface area (TPSA) is 82.2 Å². The molecule has 1 saturated heterocycles. The quantitative estimate of drug-likeness (QED) is 0.422. The van der Waals surface area contributed by atoms with Gasteiger partial charge in [0.15, 0.2) is 0 Å². The summed E-state index contributed by atoms with van der Waals surface area (Å²) in [4.78, 5) is 43.9. The van der Waals surface area contributed by atoms with Gasteiger partial charge in [-0.3, -0.25) is 14.6 Å². The van der Waals surface area contributed by atoms with Gasteiger partial charge in [-0.25, -0.2) is 14.0 Å². The molecule has 0 unspecified atom stereocenters. The molecule has 0 spiro atoms. The van der Waals surface area contributed by atoms with Gasteiger partial charge in [0.2, 0.25) is 0 Å². The van der Waals surface area contributed by atoms with Crippen molar-refractivity contribution in [3.8, 4) is 0 Å². The number of halogens is 4. The molecule has 0 radical (unpaired) electrons. The van der Waals surface area contributed by atoms with E-state index in [1.807, 2.05) is 11.8 Å². The fourth-order valence-electron chi connectivity index (χ4n) is 4.99. The first-order chi connectivity index (χ1) is 18.9. The standard InChI is InChI=1S/C28H30F4N4O4/c1-4-40-26(38)23-22(34(3)27(39)33-24(23)18-9-11-19(12-10-18)28(30,31)32)16-35-13-14-36(17(2)15-35)25(37)20-7-5-6-8-21(20)29/h5-12,17,24H,4,13-16H2,1-3H3,(H,33,39)/t17-,24-/m0/s1. The van der Waals surface area contributed by atoms with E-state index in [9.17, 15) is 31.9 Å². The molecule has 1 fully saturated rings. The minimum Gasteiger partial charge on any atom is -0.463 e. The molecule has 3 amide bonds. The fourth-order valence-corrected chi connectivity index (χ4v) is 4.99. The van der Waals surface area contributed by atoms with E-state index in [-0.39, 0.29) is 36.9 Å². The maximum Gasteiger partial charge on any atom is 0.416 e. The van der Waals surface area contributed by atoms with Crippen molar-refractivity contribution in [2.24, 2.45) is 0 Å². The average Bonchev–Trinajstić information content (AvgIpc) is 2.91. The monoisotopic (exact) mass is 562 g/mol. The lowest BCUT2D eigenvalue weighted by molar-refractivity contribution is -0.139. The second-order valence-electron chi connectivity index (χ2n) is 9.70. The highest BCUT2D eigenvalue weighted by Gasteiger charge is 2.39. The molecule has 2 aromatic carbocycles. The molecule has 40 heavy (non-hydrogen) atoms. The summed E-state index contributed by atoms with van der Waals surface area (Å²) < 4.78 is 58.9. The first-order valence-corrected chi connectivity index (χ1v) is 12.8. The van der Waals surface area contributed by atoms with Crippen LogP contribution in [0.1, 0.15) is 41.4 Å². The molecular formula is C28H30F4N4O4. The number of piperazine rings is 1. The van der Waals surface area contributed by atoms with E-state index in [4.69, 9.17) is 4.74 Å². The normalized spacial score (nSPS) is 20.4. The van der Waals surface area contributed by atoms with Crippen LogP contribution in [-0.2, 0) is 15.7 Å². The molecule has 214 valence electrons. The number of alkyl halides is 3. The molecule has 4 rings (SSSR count). The van der Waals surface area contributed by atoms with E-state index >= 15 is 0 Å². The lowest BCUT2D eigenvalue weighted by Gasteiger charge is -2.42. The van der Waals surface area contributed by atoms with Gasteiger partial charge in [0.1, 0.15) is 5.82 Å². The third-order valence-electron chi connectivity index (χ3n) is 7.09. The number of ether oxygens (including phenoxy) is 1. The Morgan fingerprint density at radius 2 is 1.75 bits per heavy atom. The van der Waals surface area contributed by atoms with E-state index < -0.39 is 41.5 Å². The van der Waals surface area contributed by atoms with Gasteiger partial charge in [-0.2, -0.15) is 13.2 Å². The van der Waals surface area contributed by atoms with E-state index in [1.54, 1.807) is 17.9 Å². The number of nitrogens with one attached hydrogen (secondary N) is 1. The smallest absolute Gasteiger partial charge is 0.416 e. The summed E-state index contributed by atoms with van der Waals surface area (Å²) in [6, 6.07) is 8.16. The van der Waals surface area contributed by atoms with Gasteiger partial charge in [0.05, 0.1) is 29.3 Å². The predicted octanol–water partition coefficient (Wildman–Crippen LogP) is 4.20. The fraction of sp³-hybridized carbons (Fsp3) is 0.393. The van der Waals surface area contributed by atoms with Gasteiger partial charge in [0, 0.05) is 45.0 Å². The van der Waals surface area contributed by atoms with Crippen molar-refractivity contribution in [1.29, 1.82) is 0 Å². The summed E-state index contributed by atoms with van der Waals surface area (Å²) in [5.41, 5.74) is -0.120. The number of hydrogen-bond acceptors (Lipinski definition) is 5. The number of carbonyl (C=O) groups is 3. The molecule has 1 N–H and O–H groups in total. The lowest BCUT2D eigenvalue weighted by atomic mass is 9.93. The van der Waals surface area contributed by atoms with Gasteiger partial charge in [-0.05, 0) is 43.7 Å². The summed E-state index contributed by atoms with van der Waals surface area (Å²) in [6.45, 7) is 4.69. The van der Waals surface area contributed by atoms with Gasteiger partial charge >= 0.3 is 18.2 Å². The number of carbonyl (C=O) groups excluding carboxylic acids is 3. The Morgan fingerprint density at radius 1 is 1.07 bits per heavy atom. The van der Waals surface area contributed by atoms with Crippen LogP contribution in [0.4, 0.5) is 22.4 Å². The van der Waals surface area contributed by atoms with Crippen LogP contribution < -0.4 is 5.32 Å². The van der Waals surface area contributed by atoms with Crippen LogP contribution in [0, 0.1) is 5.82 Å². The first kappa shape index (κ1) is 29.1. The molecule has 2 heterocycles. The number of amides is 3. The van der Waals surface area contributed by atoms with Crippen LogP contribution in [0.3, 0.4) is 0 Å². The Kier molecular flexibility index (Phi) is 8.48. The summed E-state index contributed by atoms with van der Waals surface area (Å²) in [5, 5.41) is 2.69. The zero-order valence-corrected chi connectivity index (χ0v) is 22.3. The summed E-state index contributed by atoms with van der Waals surface area (Å²) in [7, 11) is 1.49. The Bertz CT molecular complexity index is 1310. The number of likely N-dealkylation sites (N-methyl/N-ethyl adjacent to an activating group) is 1. The van der Waals surface area contributed by atoms with Crippen molar-refractivity contribution in [3.05, 3.63) is 82.3 Å². The van der Waals surface area contributed by atoms with Gasteiger partial charge in [-0.15, -0.1) is 0 Å². The van der Waals surface area contributed by atoms with Gasteiger partial charge in [0.25, 0.3) is 5.91 Å². The van der Waals surface area contributed by atoms with Crippen LogP contribution in [0.2, 0.25) is 0 Å². The third-order valence-corrected chi connectivity index (χ3v) is 7.09. The largest absolute Gasteiger partial charge is 0.463 e. The third kappa shape index (κ3) is 5.96. The zero-order valence-electron chi connectivity index (χ0n) is 22.3. The number of esters is 1. The second-order valence-corrected chi connectivity index (χ2v) is 9.70. The minimum absolute atomic E-state index is 0.0156. The highest BCUT2D eigenvalue weighted by Crippen LogP contribution is 2.34. The maximum absolute atomic E-state index is 14.2. The van der Waals surface area contributed by atoms with Crippen LogP contribution in [-0.4, -0.2) is 78.5 Å². The Balaban J connectivity index is 1.62. The number of benzene rings is 2. The second kappa shape index (κ2) is 11.7. The molecule has 0 bridgehead atoms. The molecule has 2 aliphatic rings. The van der Waals surface area contributed by atoms with E-state index in [0.717, 1.165) is 12.1 Å². The van der Waals surface area contributed by atoms with Crippen LogP contribution in [0.25, 0.3) is 0 Å². The number of rotatable bonds is 6. The van der Waals surface area contributed by atoms with Gasteiger partial charge < -0.3 is 15.0 Å². The van der Waals surface area contributed by atoms with Crippen LogP contribution in [0.15, 0.2) is 59.8 Å². The molecule has 12 heteroatoms. The molecule has 2 aromatic rings. The van der Waals surface area contributed by atoms with Crippen molar-refractivity contribution in [1.82, 2.24) is 20.0 Å². The van der Waals surface area contributed by atoms with Crippen molar-refractivity contribution in [3.63, 3.8) is 0 Å². The molecule has 0 aliphatic carbocycles. The summed E-state index contributed by atoms with van der Waals surface area (Å²) >= 11 is 0. The molecule has 2 atom stereocenters. The molecule has 0 saturated carbocycles. The summed E-state index contributed by atoms with van der Waals surface area (Å²) in [6.07, 6.45) is -4.54. The van der Waals surface area contributed by atoms with Crippen LogP contribution in [0.5, 0.6) is 0 Å². The number of hydrogen-bond donors (Lipinski definition) is 1. The maximum atomic E-state index is 14.2. The van der Waals surface area contributed by atoms with Crippen molar-refractivity contribution >= 4 is 17.9 Å². The first-order valence-electron chi connectivity index (χ1n) is 12.8. The number of urea groups is 1. The van der Waals surface area contributed by atoms with Gasteiger partial charge in [-0.1, -0.05) is 24.3 Å². The number of nitrogens with zero attached hydrogens (tertiary/aromatic N) is 3. The highest BCUT2D eigenvalue weighted by molar-refractivity contribution is 5.95. The van der Waals surface area contributed by atoms with Crippen molar-refractivity contribution in [2.45, 2.75) is 32.1 Å². The Morgan fingerprint density at radius 3 is 2.35 bits per heavy atom. The molecule has 8 nitrogen and oxygen atoms in total. The molecule has 2 aliphatic heterocycles. The average molecular weight is 563 g/mol. The Hall–Kier alpha value is -3.93. The van der Waals surface area contributed by atoms with Crippen molar-refractivity contribution < 1.29 is 36.7 Å². The lowest BCUT2D eigenvalue weighted by Crippen LogP contribution is -2.56. The molecule has 0 aromatic heterocycles. The highest BCUT2D eigenvalue weighted by atomic mass is 19.4. The molecular weight excluding hydrogens is 532 g/mol. The van der Waals surface area contributed by atoms with E-state index in [0.29, 0.717) is 24.4 Å². The van der Waals surface area contributed by atoms with Crippen LogP contribution >= 0.6 is 0 Å². The van der Waals surface area contributed by atoms with E-state index in [2.05, 4.69) is 5.32 Å². The minimum atomic E-state index is -4.54.